The fourth-order valence-electron chi connectivity index (χ4n) is 1.80. The number of rotatable bonds is 5. The number of carboxylic acid groups (broad SMARTS) is 1. The summed E-state index contributed by atoms with van der Waals surface area (Å²) in [4.78, 5) is 10.9. The summed E-state index contributed by atoms with van der Waals surface area (Å²) >= 11 is 0. The van der Waals surface area contributed by atoms with Crippen molar-refractivity contribution in [3.8, 4) is 5.75 Å². The van der Waals surface area contributed by atoms with Gasteiger partial charge in [-0.15, -0.1) is 0 Å². The minimum Gasteiger partial charge on any atom is -0.495 e. The van der Waals surface area contributed by atoms with Crippen LogP contribution in [-0.2, 0) is 15.6 Å². The summed E-state index contributed by atoms with van der Waals surface area (Å²) in [6, 6.07) is 7.49. The Bertz CT molecular complexity index is 729. The topological polar surface area (TPSA) is 93.8 Å². The van der Waals surface area contributed by atoms with Crippen LogP contribution in [0.3, 0.4) is 0 Å². The summed E-state index contributed by atoms with van der Waals surface area (Å²) < 4.78 is 34.5. The van der Waals surface area contributed by atoms with E-state index in [0.29, 0.717) is 0 Å². The molecule has 0 amide bonds. The number of aromatic carboxylic acids is 1. The zero-order chi connectivity index (χ0) is 14.8. The maximum Gasteiger partial charge on any atom is 0.372 e. The smallest absolute Gasteiger partial charge is 0.372 e. The van der Waals surface area contributed by atoms with Crippen LogP contribution >= 0.6 is 0 Å². The van der Waals surface area contributed by atoms with Crippen molar-refractivity contribution in [3.63, 3.8) is 0 Å². The molecule has 1 N–H and O–H groups in total. The van der Waals surface area contributed by atoms with Gasteiger partial charge in [0, 0.05) is 5.56 Å². The maximum absolute atomic E-state index is 12.3. The molecule has 0 unspecified atom stereocenters. The van der Waals surface area contributed by atoms with E-state index in [1.807, 2.05) is 0 Å². The normalized spacial score (nSPS) is 11.2. The molecular weight excluding hydrogens is 284 g/mol. The van der Waals surface area contributed by atoms with Crippen LogP contribution in [0, 0.1) is 0 Å². The summed E-state index contributed by atoms with van der Waals surface area (Å²) in [5.74, 6) is -1.93. The van der Waals surface area contributed by atoms with Crippen LogP contribution in [0.1, 0.15) is 16.1 Å². The molecule has 1 aromatic heterocycles. The molecule has 0 fully saturated rings. The minimum atomic E-state index is -3.73. The Hall–Kier alpha value is -2.28. The molecule has 0 aliphatic carbocycles. The van der Waals surface area contributed by atoms with Crippen molar-refractivity contribution in [1.29, 1.82) is 0 Å². The third kappa shape index (κ3) is 2.67. The second-order valence-electron chi connectivity index (χ2n) is 3.99. The lowest BCUT2D eigenvalue weighted by atomic mass is 10.3. The second-order valence-corrected chi connectivity index (χ2v) is 5.95. The van der Waals surface area contributed by atoms with Crippen molar-refractivity contribution in [3.05, 3.63) is 47.9 Å². The number of sulfone groups is 1. The van der Waals surface area contributed by atoms with E-state index < -0.39 is 21.6 Å². The number of carbonyl (C=O) groups is 1. The molecule has 0 saturated carbocycles. The number of furan rings is 1. The fraction of sp³-hybridized carbons (Fsp3) is 0.154. The third-order valence-corrected chi connectivity index (χ3v) is 4.39. The Morgan fingerprint density at radius 2 is 2.00 bits per heavy atom. The monoisotopic (exact) mass is 296 g/mol. The van der Waals surface area contributed by atoms with Gasteiger partial charge >= 0.3 is 5.97 Å². The molecule has 0 saturated heterocycles. The first-order valence-corrected chi connectivity index (χ1v) is 7.26. The number of hydrogen-bond acceptors (Lipinski definition) is 5. The van der Waals surface area contributed by atoms with Crippen molar-refractivity contribution in [1.82, 2.24) is 0 Å². The average Bonchev–Trinajstić information content (AvgIpc) is 2.86. The Balaban J connectivity index is 2.41. The lowest BCUT2D eigenvalue weighted by molar-refractivity contribution is 0.0661. The molecule has 0 spiro atoms. The molecule has 0 bridgehead atoms. The van der Waals surface area contributed by atoms with Crippen LogP contribution < -0.4 is 4.74 Å². The van der Waals surface area contributed by atoms with E-state index in [9.17, 15) is 13.2 Å². The van der Waals surface area contributed by atoms with E-state index in [-0.39, 0.29) is 22.0 Å². The molecule has 0 aliphatic rings. The Morgan fingerprint density at radius 3 is 2.65 bits per heavy atom. The molecule has 1 heterocycles. The standard InChI is InChI=1S/C13H12O6S/c1-18-10-4-2-3-5-11(10)20(16,17)8-9-6-7-19-12(9)13(14)15/h2-7H,8H2,1H3,(H,14,15). The lowest BCUT2D eigenvalue weighted by Gasteiger charge is -2.08. The molecule has 2 rings (SSSR count). The number of para-hydroxylation sites is 1. The van der Waals surface area contributed by atoms with Gasteiger partial charge in [-0.1, -0.05) is 12.1 Å². The SMILES string of the molecule is COc1ccccc1S(=O)(=O)Cc1ccoc1C(=O)O. The van der Waals surface area contributed by atoms with Gasteiger partial charge in [0.15, 0.2) is 9.84 Å². The Kier molecular flexibility index (Phi) is 3.80. The van der Waals surface area contributed by atoms with Gasteiger partial charge in [0.2, 0.25) is 5.76 Å². The summed E-state index contributed by atoms with van der Waals surface area (Å²) in [6.45, 7) is 0. The summed E-state index contributed by atoms with van der Waals surface area (Å²) in [5, 5.41) is 8.91. The van der Waals surface area contributed by atoms with Gasteiger partial charge in [-0.3, -0.25) is 0 Å². The number of benzene rings is 1. The van der Waals surface area contributed by atoms with Crippen molar-refractivity contribution in [2.45, 2.75) is 10.6 Å². The highest BCUT2D eigenvalue weighted by Gasteiger charge is 2.24. The van der Waals surface area contributed by atoms with Crippen LogP contribution in [0.2, 0.25) is 0 Å². The van der Waals surface area contributed by atoms with Gasteiger partial charge in [-0.2, -0.15) is 0 Å². The number of carboxylic acids is 1. The van der Waals surface area contributed by atoms with Gasteiger partial charge < -0.3 is 14.3 Å². The summed E-state index contributed by atoms with van der Waals surface area (Å²) in [6.07, 6.45) is 1.15. The van der Waals surface area contributed by atoms with Crippen LogP contribution in [0.5, 0.6) is 5.75 Å². The molecule has 106 valence electrons. The van der Waals surface area contributed by atoms with Crippen LogP contribution in [0.4, 0.5) is 0 Å². The Labute approximate surface area is 115 Å². The molecule has 0 radical (unpaired) electrons. The Morgan fingerprint density at radius 1 is 1.30 bits per heavy atom. The third-order valence-electron chi connectivity index (χ3n) is 2.69. The quantitative estimate of drug-likeness (QED) is 0.906. The van der Waals surface area contributed by atoms with E-state index in [1.54, 1.807) is 12.1 Å². The highest BCUT2D eigenvalue weighted by molar-refractivity contribution is 7.90. The van der Waals surface area contributed by atoms with E-state index in [2.05, 4.69) is 0 Å². The van der Waals surface area contributed by atoms with Crippen molar-refractivity contribution < 1.29 is 27.5 Å². The number of ether oxygens (including phenoxy) is 1. The maximum atomic E-state index is 12.3. The molecule has 7 heteroatoms. The molecule has 20 heavy (non-hydrogen) atoms. The van der Waals surface area contributed by atoms with E-state index in [1.165, 1.54) is 25.3 Å². The van der Waals surface area contributed by atoms with E-state index >= 15 is 0 Å². The van der Waals surface area contributed by atoms with Crippen LogP contribution in [-0.4, -0.2) is 26.6 Å². The number of methoxy groups -OCH3 is 1. The van der Waals surface area contributed by atoms with Crippen molar-refractivity contribution in [2.75, 3.05) is 7.11 Å². The van der Waals surface area contributed by atoms with Gasteiger partial charge in [0.05, 0.1) is 19.1 Å². The average molecular weight is 296 g/mol. The van der Waals surface area contributed by atoms with Crippen LogP contribution in [0.25, 0.3) is 0 Å². The van der Waals surface area contributed by atoms with Gasteiger partial charge in [0.1, 0.15) is 10.6 Å². The molecule has 2 aromatic rings. The predicted molar refractivity (Wildman–Crippen MR) is 69.6 cm³/mol. The highest BCUT2D eigenvalue weighted by Crippen LogP contribution is 2.27. The molecule has 6 nitrogen and oxygen atoms in total. The van der Waals surface area contributed by atoms with Gasteiger partial charge in [0.25, 0.3) is 0 Å². The fourth-order valence-corrected chi connectivity index (χ4v) is 3.33. The highest BCUT2D eigenvalue weighted by atomic mass is 32.2. The summed E-state index contributed by atoms with van der Waals surface area (Å²) in [5.41, 5.74) is 0.100. The van der Waals surface area contributed by atoms with Crippen LogP contribution in [0.15, 0.2) is 45.9 Å². The lowest BCUT2D eigenvalue weighted by Crippen LogP contribution is -2.09. The van der Waals surface area contributed by atoms with E-state index in [0.717, 1.165) is 6.26 Å². The first-order chi connectivity index (χ1) is 9.45. The zero-order valence-electron chi connectivity index (χ0n) is 10.6. The predicted octanol–water partition coefficient (Wildman–Crippen LogP) is 1.96. The summed E-state index contributed by atoms with van der Waals surface area (Å²) in [7, 11) is -2.36. The van der Waals surface area contributed by atoms with Gasteiger partial charge in [-0.05, 0) is 18.2 Å². The van der Waals surface area contributed by atoms with Crippen molar-refractivity contribution >= 4 is 15.8 Å². The molecule has 0 atom stereocenters. The zero-order valence-corrected chi connectivity index (χ0v) is 11.4. The van der Waals surface area contributed by atoms with E-state index in [4.69, 9.17) is 14.3 Å². The first kappa shape index (κ1) is 14.1. The number of hydrogen-bond donors (Lipinski definition) is 1. The largest absolute Gasteiger partial charge is 0.495 e. The van der Waals surface area contributed by atoms with Gasteiger partial charge in [-0.25, -0.2) is 13.2 Å². The molecule has 1 aromatic carbocycles. The molecular formula is C13H12O6S. The second kappa shape index (κ2) is 5.38. The first-order valence-electron chi connectivity index (χ1n) is 5.61. The van der Waals surface area contributed by atoms with Crippen molar-refractivity contribution in [2.24, 2.45) is 0 Å². The minimum absolute atomic E-state index is 0.0139. The molecule has 0 aliphatic heterocycles.